The summed E-state index contributed by atoms with van der Waals surface area (Å²) < 4.78 is 22.7. The van der Waals surface area contributed by atoms with Gasteiger partial charge in [-0.25, -0.2) is 13.2 Å². The van der Waals surface area contributed by atoms with Crippen molar-refractivity contribution in [2.75, 3.05) is 31.6 Å². The van der Waals surface area contributed by atoms with Crippen LogP contribution in [0.15, 0.2) is 17.5 Å². The predicted octanol–water partition coefficient (Wildman–Crippen LogP) is 1.76. The molecule has 1 aromatic rings. The van der Waals surface area contributed by atoms with Crippen LogP contribution in [0, 0.1) is 5.92 Å². The summed E-state index contributed by atoms with van der Waals surface area (Å²) in [5.41, 5.74) is 0. The summed E-state index contributed by atoms with van der Waals surface area (Å²) in [5.74, 6) is 0.239. The first kappa shape index (κ1) is 16.3. The maximum atomic E-state index is 12.1. The van der Waals surface area contributed by atoms with E-state index >= 15 is 0 Å². The highest BCUT2D eigenvalue weighted by Crippen LogP contribution is 2.18. The van der Waals surface area contributed by atoms with E-state index in [4.69, 9.17) is 0 Å². The highest BCUT2D eigenvalue weighted by atomic mass is 32.2. The van der Waals surface area contributed by atoms with Gasteiger partial charge in [0.1, 0.15) is 9.84 Å². The maximum Gasteiger partial charge on any atom is 0.317 e. The molecule has 21 heavy (non-hydrogen) atoms. The van der Waals surface area contributed by atoms with Gasteiger partial charge >= 0.3 is 6.03 Å². The summed E-state index contributed by atoms with van der Waals surface area (Å²) in [4.78, 5) is 15.1. The number of urea groups is 1. The molecule has 0 aromatic carbocycles. The summed E-state index contributed by atoms with van der Waals surface area (Å²) in [7, 11) is -2.98. The van der Waals surface area contributed by atoms with E-state index in [2.05, 4.69) is 11.4 Å². The largest absolute Gasteiger partial charge is 0.338 e. The van der Waals surface area contributed by atoms with Crippen molar-refractivity contribution in [2.45, 2.75) is 19.3 Å². The van der Waals surface area contributed by atoms with Crippen LogP contribution in [0.2, 0.25) is 0 Å². The van der Waals surface area contributed by atoms with Crippen LogP contribution in [-0.2, 0) is 16.3 Å². The van der Waals surface area contributed by atoms with Crippen molar-refractivity contribution in [1.82, 2.24) is 10.2 Å². The minimum Gasteiger partial charge on any atom is -0.338 e. The number of likely N-dealkylation sites (tertiary alicyclic amines) is 1. The fraction of sp³-hybridized carbons (Fsp3) is 0.643. The number of rotatable bonds is 5. The zero-order chi connectivity index (χ0) is 15.3. The van der Waals surface area contributed by atoms with Crippen LogP contribution in [0.25, 0.3) is 0 Å². The molecule has 0 aliphatic carbocycles. The molecule has 118 valence electrons. The van der Waals surface area contributed by atoms with Crippen molar-refractivity contribution in [3.8, 4) is 0 Å². The lowest BCUT2D eigenvalue weighted by Gasteiger charge is -2.32. The van der Waals surface area contributed by atoms with Crippen molar-refractivity contribution in [2.24, 2.45) is 5.92 Å². The lowest BCUT2D eigenvalue weighted by atomic mass is 10.0. The SMILES string of the molecule is CS(=O)(=O)C[C@H]1CCCN(C(=O)NCCc2cccs2)C1. The lowest BCUT2D eigenvalue weighted by molar-refractivity contribution is 0.170. The molecular weight excluding hydrogens is 308 g/mol. The van der Waals surface area contributed by atoms with Gasteiger partial charge in [-0.3, -0.25) is 0 Å². The van der Waals surface area contributed by atoms with Crippen LogP contribution in [0.5, 0.6) is 0 Å². The molecule has 5 nitrogen and oxygen atoms in total. The van der Waals surface area contributed by atoms with Crippen LogP contribution >= 0.6 is 11.3 Å². The van der Waals surface area contributed by atoms with Crippen molar-refractivity contribution in [3.63, 3.8) is 0 Å². The van der Waals surface area contributed by atoms with E-state index in [1.807, 2.05) is 11.4 Å². The Hall–Kier alpha value is -1.08. The van der Waals surface area contributed by atoms with E-state index < -0.39 is 9.84 Å². The monoisotopic (exact) mass is 330 g/mol. The standard InChI is InChI=1S/C14H22N2O3S2/c1-21(18,19)11-12-4-2-8-16(10-12)14(17)15-7-6-13-5-3-9-20-13/h3,5,9,12H,2,4,6-8,10-11H2,1H3,(H,15,17)/t12-/m0/s1. The number of nitrogens with zero attached hydrogens (tertiary/aromatic N) is 1. The Balaban J connectivity index is 1.76. The molecular formula is C14H22N2O3S2. The fourth-order valence-corrected chi connectivity index (χ4v) is 4.51. The highest BCUT2D eigenvalue weighted by Gasteiger charge is 2.25. The Morgan fingerprint density at radius 2 is 2.33 bits per heavy atom. The van der Waals surface area contributed by atoms with Gasteiger partial charge in [0.25, 0.3) is 0 Å². The Morgan fingerprint density at radius 1 is 1.52 bits per heavy atom. The first-order valence-electron chi connectivity index (χ1n) is 7.17. The molecule has 0 bridgehead atoms. The number of thiophene rings is 1. The summed E-state index contributed by atoms with van der Waals surface area (Å²) >= 11 is 1.69. The number of amides is 2. The van der Waals surface area contributed by atoms with Gasteiger partial charge in [-0.2, -0.15) is 0 Å². The third kappa shape index (κ3) is 5.67. The van der Waals surface area contributed by atoms with Gasteiger partial charge in [-0.05, 0) is 36.6 Å². The average molecular weight is 330 g/mol. The van der Waals surface area contributed by atoms with Gasteiger partial charge in [0.15, 0.2) is 0 Å². The number of carbonyl (C=O) groups excluding carboxylic acids is 1. The Labute approximate surface area is 130 Å². The van der Waals surface area contributed by atoms with E-state index in [1.165, 1.54) is 11.1 Å². The summed E-state index contributed by atoms with van der Waals surface area (Å²) in [5, 5.41) is 4.94. The topological polar surface area (TPSA) is 66.5 Å². The van der Waals surface area contributed by atoms with E-state index in [1.54, 1.807) is 16.2 Å². The van der Waals surface area contributed by atoms with Crippen molar-refractivity contribution in [3.05, 3.63) is 22.4 Å². The van der Waals surface area contributed by atoms with E-state index in [-0.39, 0.29) is 17.7 Å². The molecule has 1 aromatic heterocycles. The Morgan fingerprint density at radius 3 is 3.00 bits per heavy atom. The zero-order valence-corrected chi connectivity index (χ0v) is 13.9. The second-order valence-electron chi connectivity index (χ2n) is 5.61. The molecule has 1 fully saturated rings. The zero-order valence-electron chi connectivity index (χ0n) is 12.2. The number of piperidine rings is 1. The van der Waals surface area contributed by atoms with Crippen molar-refractivity contribution >= 4 is 27.2 Å². The summed E-state index contributed by atoms with van der Waals surface area (Å²) in [6.45, 7) is 1.87. The summed E-state index contributed by atoms with van der Waals surface area (Å²) in [6, 6.07) is 3.98. The Kier molecular flexibility index (Phi) is 5.64. The van der Waals surface area contributed by atoms with Gasteiger partial charge in [0.05, 0.1) is 5.75 Å². The van der Waals surface area contributed by atoms with Crippen molar-refractivity contribution in [1.29, 1.82) is 0 Å². The predicted molar refractivity (Wildman–Crippen MR) is 85.4 cm³/mol. The number of hydrogen-bond donors (Lipinski definition) is 1. The third-order valence-electron chi connectivity index (χ3n) is 3.57. The molecule has 7 heteroatoms. The first-order valence-corrected chi connectivity index (χ1v) is 10.1. The molecule has 1 aliphatic rings. The molecule has 2 amide bonds. The second-order valence-corrected chi connectivity index (χ2v) is 8.83. The van der Waals surface area contributed by atoms with E-state index in [9.17, 15) is 13.2 Å². The quantitative estimate of drug-likeness (QED) is 0.894. The van der Waals surface area contributed by atoms with E-state index in [0.29, 0.717) is 19.6 Å². The maximum absolute atomic E-state index is 12.1. The van der Waals surface area contributed by atoms with Gasteiger partial charge in [0.2, 0.25) is 0 Å². The lowest BCUT2D eigenvalue weighted by Crippen LogP contribution is -2.47. The molecule has 2 rings (SSSR count). The van der Waals surface area contributed by atoms with Crippen LogP contribution in [0.4, 0.5) is 4.79 Å². The molecule has 0 unspecified atom stereocenters. The number of hydrogen-bond acceptors (Lipinski definition) is 4. The number of sulfone groups is 1. The van der Waals surface area contributed by atoms with Crippen LogP contribution in [0.1, 0.15) is 17.7 Å². The summed E-state index contributed by atoms with van der Waals surface area (Å²) in [6.07, 6.45) is 3.85. The third-order valence-corrected chi connectivity index (χ3v) is 5.59. The number of nitrogens with one attached hydrogen (secondary N) is 1. The van der Waals surface area contributed by atoms with Gasteiger partial charge in [0, 0.05) is 30.8 Å². The van der Waals surface area contributed by atoms with Crippen LogP contribution in [-0.4, -0.2) is 51.0 Å². The first-order chi connectivity index (χ1) is 9.94. The fourth-order valence-electron chi connectivity index (χ4n) is 2.67. The van der Waals surface area contributed by atoms with E-state index in [0.717, 1.165) is 19.3 Å². The van der Waals surface area contributed by atoms with Gasteiger partial charge in [-0.15, -0.1) is 11.3 Å². The van der Waals surface area contributed by atoms with Crippen molar-refractivity contribution < 1.29 is 13.2 Å². The highest BCUT2D eigenvalue weighted by molar-refractivity contribution is 7.90. The second kappa shape index (κ2) is 7.26. The smallest absolute Gasteiger partial charge is 0.317 e. The minimum atomic E-state index is -2.98. The van der Waals surface area contributed by atoms with Crippen LogP contribution < -0.4 is 5.32 Å². The van der Waals surface area contributed by atoms with Gasteiger partial charge in [-0.1, -0.05) is 6.07 Å². The molecule has 0 saturated carbocycles. The normalized spacial score (nSPS) is 19.5. The Bertz CT molecular complexity index is 555. The molecule has 0 spiro atoms. The molecule has 1 atom stereocenters. The average Bonchev–Trinajstić information content (AvgIpc) is 2.90. The minimum absolute atomic E-state index is 0.0665. The molecule has 2 heterocycles. The molecule has 1 saturated heterocycles. The molecule has 0 radical (unpaired) electrons. The van der Waals surface area contributed by atoms with Gasteiger partial charge < -0.3 is 10.2 Å². The number of carbonyl (C=O) groups is 1. The van der Waals surface area contributed by atoms with Crippen LogP contribution in [0.3, 0.4) is 0 Å². The molecule has 1 aliphatic heterocycles. The molecule has 1 N–H and O–H groups in total.